The molecule has 1 atom stereocenters. The van der Waals surface area contributed by atoms with Crippen LogP contribution in [0.2, 0.25) is 0 Å². The van der Waals surface area contributed by atoms with Crippen LogP contribution in [0.5, 0.6) is 0 Å². The third kappa shape index (κ3) is 4.94. The fourth-order valence-electron chi connectivity index (χ4n) is 4.13. The van der Waals surface area contributed by atoms with Crippen LogP contribution in [-0.2, 0) is 9.59 Å². The summed E-state index contributed by atoms with van der Waals surface area (Å²) in [6.07, 6.45) is 2.68. The number of carbonyl (C=O) groups is 3. The molecule has 0 aromatic heterocycles. The molecule has 0 fully saturated rings. The Kier molecular flexibility index (Phi) is 7.20. The number of hydrogen-bond donors (Lipinski definition) is 4. The second-order valence-electron chi connectivity index (χ2n) is 7.96. The van der Waals surface area contributed by atoms with Gasteiger partial charge in [-0.1, -0.05) is 30.4 Å². The Morgan fingerprint density at radius 3 is 2.56 bits per heavy atom. The van der Waals surface area contributed by atoms with Crippen molar-refractivity contribution >= 4 is 29.6 Å². The van der Waals surface area contributed by atoms with Crippen LogP contribution in [0, 0.1) is 5.41 Å². The summed E-state index contributed by atoms with van der Waals surface area (Å²) in [6.45, 7) is 6.51. The number of carbonyl (C=O) groups excluding carboxylic acids is 3. The normalized spacial score (nSPS) is 13.6. The topological polar surface area (TPSA) is 125 Å². The maximum Gasteiger partial charge on any atom is 0.249 e. The van der Waals surface area contributed by atoms with Crippen molar-refractivity contribution in [3.8, 4) is 11.1 Å². The van der Waals surface area contributed by atoms with Gasteiger partial charge in [0, 0.05) is 36.6 Å². The van der Waals surface area contributed by atoms with Crippen molar-refractivity contribution in [2.75, 3.05) is 11.9 Å². The van der Waals surface area contributed by atoms with Gasteiger partial charge in [0.25, 0.3) is 0 Å². The smallest absolute Gasteiger partial charge is 0.249 e. The molecule has 0 radical (unpaired) electrons. The minimum Gasteiger partial charge on any atom is -0.366 e. The van der Waals surface area contributed by atoms with Crippen molar-refractivity contribution in [3.05, 3.63) is 65.2 Å². The molecular weight excluding hydrogens is 404 g/mol. The summed E-state index contributed by atoms with van der Waals surface area (Å²) in [4.78, 5) is 36.1. The van der Waals surface area contributed by atoms with E-state index in [0.717, 1.165) is 27.8 Å². The van der Waals surface area contributed by atoms with Gasteiger partial charge in [-0.2, -0.15) is 0 Å². The average Bonchev–Trinajstić information content (AvgIpc) is 3.07. The Balaban J connectivity index is 1.72. The first-order chi connectivity index (χ1) is 15.3. The summed E-state index contributed by atoms with van der Waals surface area (Å²) in [7, 11) is 0. The highest BCUT2D eigenvalue weighted by molar-refractivity contribution is 6.03. The van der Waals surface area contributed by atoms with E-state index in [9.17, 15) is 14.4 Å². The van der Waals surface area contributed by atoms with E-state index < -0.39 is 5.91 Å². The molecule has 3 rings (SSSR count). The average molecular weight is 433 g/mol. The van der Waals surface area contributed by atoms with Crippen LogP contribution in [0.1, 0.15) is 60.0 Å². The van der Waals surface area contributed by atoms with Crippen molar-refractivity contribution in [2.45, 2.75) is 38.5 Å². The molecule has 2 aromatic rings. The minimum atomic E-state index is -0.477. The first kappa shape index (κ1) is 22.9. The highest BCUT2D eigenvalue weighted by atomic mass is 16.2. The maximum atomic E-state index is 12.4. The zero-order valence-electron chi connectivity index (χ0n) is 18.2. The van der Waals surface area contributed by atoms with Gasteiger partial charge in [-0.15, -0.1) is 0 Å². The monoisotopic (exact) mass is 432 g/mol. The summed E-state index contributed by atoms with van der Waals surface area (Å²) in [5.74, 6) is -0.850. The number of anilines is 1. The molecule has 7 nitrogen and oxygen atoms in total. The van der Waals surface area contributed by atoms with Crippen molar-refractivity contribution in [1.29, 1.82) is 5.41 Å². The lowest BCUT2D eigenvalue weighted by molar-refractivity contribution is -0.121. The zero-order valence-corrected chi connectivity index (χ0v) is 18.2. The minimum absolute atomic E-state index is 0.0826. The van der Waals surface area contributed by atoms with E-state index in [4.69, 9.17) is 11.1 Å². The van der Waals surface area contributed by atoms with E-state index in [0.29, 0.717) is 30.6 Å². The van der Waals surface area contributed by atoms with Crippen LogP contribution in [0.3, 0.4) is 0 Å². The number of hydrogen-bond acceptors (Lipinski definition) is 4. The van der Waals surface area contributed by atoms with Gasteiger partial charge in [-0.25, -0.2) is 0 Å². The largest absolute Gasteiger partial charge is 0.366 e. The van der Waals surface area contributed by atoms with Gasteiger partial charge in [-0.05, 0) is 66.4 Å². The molecule has 1 unspecified atom stereocenters. The molecule has 7 heteroatoms. The van der Waals surface area contributed by atoms with Crippen molar-refractivity contribution < 1.29 is 14.4 Å². The van der Waals surface area contributed by atoms with E-state index in [2.05, 4.69) is 17.2 Å². The third-order valence-electron chi connectivity index (χ3n) is 5.50. The van der Waals surface area contributed by atoms with E-state index in [1.165, 1.54) is 6.21 Å². The fourth-order valence-corrected chi connectivity index (χ4v) is 4.13. The Morgan fingerprint density at radius 2 is 1.88 bits per heavy atom. The zero-order chi connectivity index (χ0) is 23.3. The van der Waals surface area contributed by atoms with Gasteiger partial charge in [0.2, 0.25) is 17.7 Å². The molecule has 0 heterocycles. The quantitative estimate of drug-likeness (QED) is 0.260. The van der Waals surface area contributed by atoms with Gasteiger partial charge in [0.15, 0.2) is 0 Å². The molecule has 0 saturated heterocycles. The van der Waals surface area contributed by atoms with Gasteiger partial charge < -0.3 is 21.8 Å². The van der Waals surface area contributed by atoms with Crippen molar-refractivity contribution in [3.63, 3.8) is 0 Å². The molecule has 5 N–H and O–H groups in total. The van der Waals surface area contributed by atoms with Crippen molar-refractivity contribution in [1.82, 2.24) is 5.32 Å². The van der Waals surface area contributed by atoms with Gasteiger partial charge in [0.1, 0.15) is 0 Å². The van der Waals surface area contributed by atoms with Crippen LogP contribution in [0.15, 0.2) is 48.6 Å². The summed E-state index contributed by atoms with van der Waals surface area (Å²) in [5, 5.41) is 12.6. The van der Waals surface area contributed by atoms with Gasteiger partial charge in [0.05, 0.1) is 0 Å². The Labute approximate surface area is 187 Å². The summed E-state index contributed by atoms with van der Waals surface area (Å²) < 4.78 is 0. The molecule has 0 bridgehead atoms. The summed E-state index contributed by atoms with van der Waals surface area (Å²) in [6, 6.07) is 11.2. The third-order valence-corrected chi connectivity index (χ3v) is 5.50. The lowest BCUT2D eigenvalue weighted by Crippen LogP contribution is -2.24. The highest BCUT2D eigenvalue weighted by Crippen LogP contribution is 2.49. The Hall–Kier alpha value is -3.74. The van der Waals surface area contributed by atoms with E-state index >= 15 is 0 Å². The van der Waals surface area contributed by atoms with Crippen molar-refractivity contribution in [2.24, 2.45) is 5.73 Å². The van der Waals surface area contributed by atoms with Gasteiger partial charge in [-0.3, -0.25) is 14.4 Å². The van der Waals surface area contributed by atoms with E-state index in [1.54, 1.807) is 6.07 Å². The number of nitrogens with two attached hydrogens (primary N) is 1. The second kappa shape index (κ2) is 10.0. The molecule has 0 saturated carbocycles. The lowest BCUT2D eigenvalue weighted by atomic mass is 9.90. The predicted molar refractivity (Wildman–Crippen MR) is 126 cm³/mol. The molecular formula is C25H28N4O3. The number of nitrogens with one attached hydrogen (secondary N) is 3. The molecule has 32 heavy (non-hydrogen) atoms. The molecule has 0 aliphatic heterocycles. The van der Waals surface area contributed by atoms with E-state index in [-0.39, 0.29) is 30.6 Å². The van der Waals surface area contributed by atoms with Crippen LogP contribution in [0.25, 0.3) is 11.1 Å². The van der Waals surface area contributed by atoms with Crippen LogP contribution >= 0.6 is 0 Å². The number of primary amides is 1. The highest BCUT2D eigenvalue weighted by Gasteiger charge is 2.32. The predicted octanol–water partition coefficient (Wildman–Crippen LogP) is 3.74. The molecule has 3 amide bonds. The number of rotatable bonds is 10. The fraction of sp³-hybridized carbons (Fsp3) is 0.280. The lowest BCUT2D eigenvalue weighted by Gasteiger charge is -2.15. The molecule has 166 valence electrons. The molecule has 2 aromatic carbocycles. The van der Waals surface area contributed by atoms with E-state index in [1.807, 2.05) is 37.3 Å². The second-order valence-corrected chi connectivity index (χ2v) is 7.96. The Bertz CT molecular complexity index is 1090. The molecule has 1 aliphatic carbocycles. The molecule has 0 spiro atoms. The standard InChI is InChI=1S/C25H28N4O3/c1-15(2)23-18-6-3-7-19(25(27)32)24(18)17-11-10-16(14-20(17)23)29-22(31)9-4-8-21(30)28-13-5-12-26/h3,6-7,10-12,14,23,26H,1,4-5,8-9,13H2,2H3,(H2,27,32)(H,28,30)(H,29,31). The number of amides is 3. The summed E-state index contributed by atoms with van der Waals surface area (Å²) >= 11 is 0. The van der Waals surface area contributed by atoms with Gasteiger partial charge >= 0.3 is 0 Å². The first-order valence-electron chi connectivity index (χ1n) is 10.6. The number of allylic oxidation sites excluding steroid dienone is 1. The van der Waals surface area contributed by atoms with Crippen LogP contribution < -0.4 is 16.4 Å². The SMILES string of the molecule is C=C(C)C1c2cc(NC(=O)CCCC(=O)NCCC=N)ccc2-c2c(C(N)=O)cccc21. The summed E-state index contributed by atoms with van der Waals surface area (Å²) in [5.41, 5.74) is 11.4. The first-order valence-corrected chi connectivity index (χ1v) is 10.6. The maximum absolute atomic E-state index is 12.4. The van der Waals surface area contributed by atoms with Crippen LogP contribution in [-0.4, -0.2) is 30.5 Å². The number of benzene rings is 2. The molecule has 1 aliphatic rings. The number of fused-ring (bicyclic) bond motifs is 3. The Morgan fingerprint density at radius 1 is 1.12 bits per heavy atom. The van der Waals surface area contributed by atoms with Crippen LogP contribution in [0.4, 0.5) is 5.69 Å².